The Labute approximate surface area is 74.5 Å². The molecule has 12 heavy (non-hydrogen) atoms. The second-order valence-corrected chi connectivity index (χ2v) is 2.97. The van der Waals surface area contributed by atoms with E-state index in [2.05, 4.69) is 5.92 Å². The average molecular weight is 167 g/mol. The van der Waals surface area contributed by atoms with Crippen molar-refractivity contribution in [3.63, 3.8) is 0 Å². The lowest BCUT2D eigenvalue weighted by atomic mass is 10.0. The number of carbonyl (C=O) groups excluding carboxylic acids is 1. The summed E-state index contributed by atoms with van der Waals surface area (Å²) in [6.07, 6.45) is 8.49. The monoisotopic (exact) mass is 167 g/mol. The molecule has 1 unspecified atom stereocenters. The van der Waals surface area contributed by atoms with E-state index in [0.717, 1.165) is 12.8 Å². The summed E-state index contributed by atoms with van der Waals surface area (Å²) in [6, 6.07) is 0.0309. The second-order valence-electron chi connectivity index (χ2n) is 2.97. The largest absolute Gasteiger partial charge is 0.327 e. The van der Waals surface area contributed by atoms with Gasteiger partial charge in [-0.25, -0.2) is 0 Å². The maximum atomic E-state index is 11.1. The molecular weight excluding hydrogens is 150 g/mol. The fourth-order valence-corrected chi connectivity index (χ4v) is 0.926. The molecule has 2 nitrogen and oxygen atoms in total. The van der Waals surface area contributed by atoms with Crippen molar-refractivity contribution in [2.75, 3.05) is 0 Å². The molecule has 0 aromatic carbocycles. The number of ketones is 1. The van der Waals surface area contributed by atoms with Crippen LogP contribution >= 0.6 is 0 Å². The van der Waals surface area contributed by atoms with Crippen LogP contribution in [0.1, 0.15) is 39.0 Å². The van der Waals surface area contributed by atoms with Crippen LogP contribution in [-0.4, -0.2) is 11.8 Å². The topological polar surface area (TPSA) is 43.1 Å². The first-order valence-corrected chi connectivity index (χ1v) is 4.41. The number of carbonyl (C=O) groups is 1. The summed E-state index contributed by atoms with van der Waals surface area (Å²) < 4.78 is 0. The molecule has 2 N–H and O–H groups in total. The summed E-state index contributed by atoms with van der Waals surface area (Å²) in [4.78, 5) is 11.1. The Hall–Kier alpha value is -0.810. The van der Waals surface area contributed by atoms with Crippen molar-refractivity contribution in [2.45, 2.75) is 45.1 Å². The second kappa shape index (κ2) is 6.87. The highest BCUT2D eigenvalue weighted by Gasteiger charge is 2.06. The molecule has 0 aromatic heterocycles. The molecular formula is C10H17NO. The van der Waals surface area contributed by atoms with Crippen molar-refractivity contribution < 1.29 is 4.79 Å². The van der Waals surface area contributed by atoms with Gasteiger partial charge in [0.2, 0.25) is 0 Å². The van der Waals surface area contributed by atoms with E-state index in [-0.39, 0.29) is 11.8 Å². The van der Waals surface area contributed by atoms with Gasteiger partial charge in [-0.15, -0.1) is 12.3 Å². The highest BCUT2D eigenvalue weighted by atomic mass is 16.1. The van der Waals surface area contributed by atoms with Crippen molar-refractivity contribution in [2.24, 2.45) is 5.73 Å². The van der Waals surface area contributed by atoms with Crippen LogP contribution in [0.4, 0.5) is 0 Å². The summed E-state index contributed by atoms with van der Waals surface area (Å²) in [5.41, 5.74) is 5.62. The Morgan fingerprint density at radius 1 is 1.67 bits per heavy atom. The number of rotatable bonds is 6. The Balaban J connectivity index is 3.41. The zero-order valence-corrected chi connectivity index (χ0v) is 7.68. The van der Waals surface area contributed by atoms with Gasteiger partial charge in [0.05, 0.1) is 0 Å². The molecule has 0 aliphatic carbocycles. The van der Waals surface area contributed by atoms with Gasteiger partial charge in [0.1, 0.15) is 5.78 Å². The van der Waals surface area contributed by atoms with Crippen LogP contribution in [0.3, 0.4) is 0 Å². The molecule has 0 saturated carbocycles. The fraction of sp³-hybridized carbons (Fsp3) is 0.700. The fourth-order valence-electron chi connectivity index (χ4n) is 0.926. The first-order valence-electron chi connectivity index (χ1n) is 4.41. The Kier molecular flexibility index (Phi) is 6.41. The standard InChI is InChI=1S/C10H17NO/c1-3-5-6-7-10(12)8-9(11)4-2/h1,9H,4-8,11H2,2H3. The van der Waals surface area contributed by atoms with Crippen molar-refractivity contribution in [3.05, 3.63) is 0 Å². The number of nitrogens with two attached hydrogens (primary N) is 1. The molecule has 0 radical (unpaired) electrons. The summed E-state index contributed by atoms with van der Waals surface area (Å²) in [7, 11) is 0. The first-order chi connectivity index (χ1) is 5.70. The molecule has 0 heterocycles. The predicted octanol–water partition coefficient (Wildman–Crippen LogP) is 1.49. The number of hydrogen-bond acceptors (Lipinski definition) is 2. The van der Waals surface area contributed by atoms with Gasteiger partial charge >= 0.3 is 0 Å². The SMILES string of the molecule is C#CCCCC(=O)CC(N)CC. The van der Waals surface area contributed by atoms with E-state index in [1.54, 1.807) is 0 Å². The van der Waals surface area contributed by atoms with Crippen LogP contribution in [0.2, 0.25) is 0 Å². The lowest BCUT2D eigenvalue weighted by Crippen LogP contribution is -2.22. The van der Waals surface area contributed by atoms with Gasteiger partial charge < -0.3 is 5.73 Å². The zero-order chi connectivity index (χ0) is 9.40. The molecule has 0 saturated heterocycles. The van der Waals surface area contributed by atoms with Crippen molar-refractivity contribution in [1.82, 2.24) is 0 Å². The number of unbranched alkanes of at least 4 members (excludes halogenated alkanes) is 1. The number of hydrogen-bond donors (Lipinski definition) is 1. The number of terminal acetylenes is 1. The molecule has 1 atom stereocenters. The van der Waals surface area contributed by atoms with Gasteiger partial charge in [-0.1, -0.05) is 6.92 Å². The van der Waals surface area contributed by atoms with E-state index in [9.17, 15) is 4.79 Å². The number of Topliss-reactive ketones (excluding diaryl/α,β-unsaturated/α-hetero) is 1. The molecule has 0 fully saturated rings. The van der Waals surface area contributed by atoms with Crippen LogP contribution in [0.25, 0.3) is 0 Å². The molecule has 2 heteroatoms. The third kappa shape index (κ3) is 5.94. The lowest BCUT2D eigenvalue weighted by molar-refractivity contribution is -0.119. The lowest BCUT2D eigenvalue weighted by Gasteiger charge is -2.05. The van der Waals surface area contributed by atoms with Crippen LogP contribution < -0.4 is 5.73 Å². The summed E-state index contributed by atoms with van der Waals surface area (Å²) in [5, 5.41) is 0. The third-order valence-electron chi connectivity index (χ3n) is 1.79. The highest BCUT2D eigenvalue weighted by Crippen LogP contribution is 2.02. The maximum absolute atomic E-state index is 11.1. The van der Waals surface area contributed by atoms with Crippen LogP contribution in [0, 0.1) is 12.3 Å². The average Bonchev–Trinajstić information content (AvgIpc) is 2.05. The molecule has 0 spiro atoms. The van der Waals surface area contributed by atoms with Gasteiger partial charge in [0.25, 0.3) is 0 Å². The van der Waals surface area contributed by atoms with Crippen molar-refractivity contribution >= 4 is 5.78 Å². The van der Waals surface area contributed by atoms with Gasteiger partial charge in [0, 0.05) is 25.3 Å². The molecule has 0 rings (SSSR count). The minimum absolute atomic E-state index is 0.0309. The highest BCUT2D eigenvalue weighted by molar-refractivity contribution is 5.78. The van der Waals surface area contributed by atoms with Crippen molar-refractivity contribution in [1.29, 1.82) is 0 Å². The van der Waals surface area contributed by atoms with E-state index >= 15 is 0 Å². The molecule has 68 valence electrons. The Morgan fingerprint density at radius 2 is 2.33 bits per heavy atom. The predicted molar refractivity (Wildman–Crippen MR) is 50.6 cm³/mol. The van der Waals surface area contributed by atoms with Crippen LogP contribution in [0.5, 0.6) is 0 Å². The van der Waals surface area contributed by atoms with Crippen molar-refractivity contribution in [3.8, 4) is 12.3 Å². The van der Waals surface area contributed by atoms with E-state index in [1.807, 2.05) is 6.92 Å². The van der Waals surface area contributed by atoms with E-state index in [0.29, 0.717) is 19.3 Å². The van der Waals surface area contributed by atoms with Gasteiger partial charge in [0.15, 0.2) is 0 Å². The summed E-state index contributed by atoms with van der Waals surface area (Å²) >= 11 is 0. The molecule has 0 aliphatic heterocycles. The van der Waals surface area contributed by atoms with Gasteiger partial charge in [-0.3, -0.25) is 4.79 Å². The molecule has 0 aromatic rings. The molecule has 0 amide bonds. The normalized spacial score (nSPS) is 12.1. The van der Waals surface area contributed by atoms with Gasteiger partial charge in [-0.05, 0) is 12.8 Å². The van der Waals surface area contributed by atoms with Crippen LogP contribution in [-0.2, 0) is 4.79 Å². The van der Waals surface area contributed by atoms with E-state index < -0.39 is 0 Å². The minimum atomic E-state index is 0.0309. The first kappa shape index (κ1) is 11.2. The van der Waals surface area contributed by atoms with Crippen LogP contribution in [0.15, 0.2) is 0 Å². The quantitative estimate of drug-likeness (QED) is 0.481. The summed E-state index contributed by atoms with van der Waals surface area (Å²) in [6.45, 7) is 1.99. The summed E-state index contributed by atoms with van der Waals surface area (Å²) in [5.74, 6) is 2.74. The third-order valence-corrected chi connectivity index (χ3v) is 1.79. The maximum Gasteiger partial charge on any atom is 0.134 e. The van der Waals surface area contributed by atoms with E-state index in [4.69, 9.17) is 12.2 Å². The zero-order valence-electron chi connectivity index (χ0n) is 7.68. The Bertz CT molecular complexity index is 169. The van der Waals surface area contributed by atoms with Gasteiger partial charge in [-0.2, -0.15) is 0 Å². The molecule has 0 bridgehead atoms. The minimum Gasteiger partial charge on any atom is -0.327 e. The smallest absolute Gasteiger partial charge is 0.134 e. The van der Waals surface area contributed by atoms with E-state index in [1.165, 1.54) is 0 Å². The molecule has 0 aliphatic rings. The Morgan fingerprint density at radius 3 is 2.83 bits per heavy atom.